The standard InChI is InChI=1S/C20H23BrN2O2/c1-15-12-18(6-9-22-15)25-14-16-7-10-23(11-8-16)20(24)13-17-4-2-3-5-19(17)21/h2-6,9,12,16H,7-8,10-11,13-14H2,1H3. The van der Waals surface area contributed by atoms with Gasteiger partial charge in [0.25, 0.3) is 0 Å². The van der Waals surface area contributed by atoms with E-state index in [1.807, 2.05) is 48.2 Å². The van der Waals surface area contributed by atoms with Crippen molar-refractivity contribution in [3.8, 4) is 5.75 Å². The summed E-state index contributed by atoms with van der Waals surface area (Å²) in [5.41, 5.74) is 2.01. The average molecular weight is 403 g/mol. The molecular weight excluding hydrogens is 380 g/mol. The molecule has 5 heteroatoms. The van der Waals surface area contributed by atoms with Crippen molar-refractivity contribution in [2.75, 3.05) is 19.7 Å². The maximum absolute atomic E-state index is 12.5. The monoisotopic (exact) mass is 402 g/mol. The van der Waals surface area contributed by atoms with Crippen LogP contribution in [-0.2, 0) is 11.2 Å². The highest BCUT2D eigenvalue weighted by Crippen LogP contribution is 2.22. The number of benzene rings is 1. The molecular formula is C20H23BrN2O2. The number of carbonyl (C=O) groups is 1. The van der Waals surface area contributed by atoms with Crippen LogP contribution < -0.4 is 4.74 Å². The van der Waals surface area contributed by atoms with E-state index in [0.29, 0.717) is 18.9 Å². The Kier molecular flexibility index (Phi) is 6.08. The van der Waals surface area contributed by atoms with Crippen LogP contribution in [0.3, 0.4) is 0 Å². The van der Waals surface area contributed by atoms with Crippen molar-refractivity contribution in [2.45, 2.75) is 26.2 Å². The molecule has 1 fully saturated rings. The van der Waals surface area contributed by atoms with Gasteiger partial charge in [0.05, 0.1) is 13.0 Å². The number of amides is 1. The van der Waals surface area contributed by atoms with Crippen LogP contribution in [0.1, 0.15) is 24.1 Å². The van der Waals surface area contributed by atoms with E-state index >= 15 is 0 Å². The lowest BCUT2D eigenvalue weighted by Gasteiger charge is -2.32. The summed E-state index contributed by atoms with van der Waals surface area (Å²) in [4.78, 5) is 18.7. The Labute approximate surface area is 157 Å². The number of likely N-dealkylation sites (tertiary alicyclic amines) is 1. The van der Waals surface area contributed by atoms with Crippen molar-refractivity contribution in [2.24, 2.45) is 5.92 Å². The van der Waals surface area contributed by atoms with Crippen molar-refractivity contribution in [1.82, 2.24) is 9.88 Å². The smallest absolute Gasteiger partial charge is 0.227 e. The van der Waals surface area contributed by atoms with E-state index in [1.54, 1.807) is 6.20 Å². The van der Waals surface area contributed by atoms with Crippen LogP contribution in [-0.4, -0.2) is 35.5 Å². The molecule has 3 rings (SSSR count). The van der Waals surface area contributed by atoms with Gasteiger partial charge in [-0.3, -0.25) is 9.78 Å². The zero-order chi connectivity index (χ0) is 17.6. The van der Waals surface area contributed by atoms with Crippen molar-refractivity contribution >= 4 is 21.8 Å². The summed E-state index contributed by atoms with van der Waals surface area (Å²) in [5.74, 6) is 1.58. The number of halogens is 1. The first-order chi connectivity index (χ1) is 12.1. The van der Waals surface area contributed by atoms with Gasteiger partial charge in [-0.25, -0.2) is 0 Å². The van der Waals surface area contributed by atoms with E-state index in [9.17, 15) is 4.79 Å². The molecule has 0 N–H and O–H groups in total. The minimum atomic E-state index is 0.205. The zero-order valence-electron chi connectivity index (χ0n) is 14.5. The number of carbonyl (C=O) groups excluding carboxylic acids is 1. The highest BCUT2D eigenvalue weighted by Gasteiger charge is 2.23. The number of aryl methyl sites for hydroxylation is 1. The summed E-state index contributed by atoms with van der Waals surface area (Å²) >= 11 is 3.51. The number of nitrogens with zero attached hydrogens (tertiary/aromatic N) is 2. The summed E-state index contributed by atoms with van der Waals surface area (Å²) in [6.45, 7) is 4.29. The molecule has 1 amide bonds. The van der Waals surface area contributed by atoms with Crippen molar-refractivity contribution in [3.05, 3.63) is 58.3 Å². The van der Waals surface area contributed by atoms with Gasteiger partial charge in [-0.15, -0.1) is 0 Å². The van der Waals surface area contributed by atoms with Crippen LogP contribution in [0.15, 0.2) is 47.1 Å². The molecule has 2 aromatic rings. The highest BCUT2D eigenvalue weighted by molar-refractivity contribution is 9.10. The summed E-state index contributed by atoms with van der Waals surface area (Å²) in [5, 5.41) is 0. The Hall–Kier alpha value is -1.88. The summed E-state index contributed by atoms with van der Waals surface area (Å²) in [6.07, 6.45) is 4.21. The van der Waals surface area contributed by atoms with Crippen LogP contribution in [0.5, 0.6) is 5.75 Å². The Balaban J connectivity index is 1.45. The molecule has 1 aromatic heterocycles. The Morgan fingerprint density at radius 1 is 1.28 bits per heavy atom. The third-order valence-corrected chi connectivity index (χ3v) is 5.39. The third-order valence-electron chi connectivity index (χ3n) is 4.62. The molecule has 1 aromatic carbocycles. The number of piperidine rings is 1. The molecule has 0 atom stereocenters. The topological polar surface area (TPSA) is 42.4 Å². The summed E-state index contributed by atoms with van der Waals surface area (Å²) in [6, 6.07) is 11.8. The molecule has 0 radical (unpaired) electrons. The van der Waals surface area contributed by atoms with E-state index in [0.717, 1.165) is 47.4 Å². The van der Waals surface area contributed by atoms with E-state index in [2.05, 4.69) is 20.9 Å². The second-order valence-electron chi connectivity index (χ2n) is 6.54. The lowest BCUT2D eigenvalue weighted by atomic mass is 9.97. The van der Waals surface area contributed by atoms with Crippen LogP contribution in [0, 0.1) is 12.8 Å². The predicted molar refractivity (Wildman–Crippen MR) is 102 cm³/mol. The fraction of sp³-hybridized carbons (Fsp3) is 0.400. The molecule has 2 heterocycles. The molecule has 0 saturated carbocycles. The summed E-state index contributed by atoms with van der Waals surface area (Å²) < 4.78 is 6.88. The molecule has 0 unspecified atom stereocenters. The summed E-state index contributed by atoms with van der Waals surface area (Å²) in [7, 11) is 0. The van der Waals surface area contributed by atoms with Gasteiger partial charge in [0.1, 0.15) is 5.75 Å². The SMILES string of the molecule is Cc1cc(OCC2CCN(C(=O)Cc3ccccc3Br)CC2)ccn1. The molecule has 4 nitrogen and oxygen atoms in total. The van der Waals surface area contributed by atoms with Gasteiger partial charge in [-0.2, -0.15) is 0 Å². The van der Waals surface area contributed by atoms with Crippen LogP contribution in [0.2, 0.25) is 0 Å². The average Bonchev–Trinajstić information content (AvgIpc) is 2.62. The van der Waals surface area contributed by atoms with Gasteiger partial charge in [0.2, 0.25) is 5.91 Å². The van der Waals surface area contributed by atoms with Crippen molar-refractivity contribution in [1.29, 1.82) is 0 Å². The maximum atomic E-state index is 12.5. The number of rotatable bonds is 5. The zero-order valence-corrected chi connectivity index (χ0v) is 16.0. The molecule has 1 aliphatic heterocycles. The van der Waals surface area contributed by atoms with Crippen molar-refractivity contribution < 1.29 is 9.53 Å². The maximum Gasteiger partial charge on any atom is 0.227 e. The van der Waals surface area contributed by atoms with E-state index in [-0.39, 0.29) is 5.91 Å². The molecule has 0 spiro atoms. The molecule has 1 aliphatic rings. The molecule has 132 valence electrons. The van der Waals surface area contributed by atoms with Crippen molar-refractivity contribution in [3.63, 3.8) is 0 Å². The second-order valence-corrected chi connectivity index (χ2v) is 7.39. The van der Waals surface area contributed by atoms with Crippen LogP contribution in [0.25, 0.3) is 0 Å². The molecule has 0 bridgehead atoms. The fourth-order valence-electron chi connectivity index (χ4n) is 3.09. The number of aromatic nitrogens is 1. The molecule has 25 heavy (non-hydrogen) atoms. The predicted octanol–water partition coefficient (Wildman–Crippen LogP) is 4.01. The first-order valence-electron chi connectivity index (χ1n) is 8.68. The second kappa shape index (κ2) is 8.48. The normalized spacial score (nSPS) is 15.2. The Bertz CT molecular complexity index is 727. The van der Waals surface area contributed by atoms with Gasteiger partial charge in [-0.1, -0.05) is 34.1 Å². The van der Waals surface area contributed by atoms with Gasteiger partial charge < -0.3 is 9.64 Å². The molecule has 0 aliphatic carbocycles. The van der Waals surface area contributed by atoms with Crippen LogP contribution in [0.4, 0.5) is 0 Å². The lowest BCUT2D eigenvalue weighted by molar-refractivity contribution is -0.132. The number of pyridine rings is 1. The number of hydrogen-bond donors (Lipinski definition) is 0. The first kappa shape index (κ1) is 17.9. The largest absolute Gasteiger partial charge is 0.493 e. The third kappa shape index (κ3) is 5.05. The Morgan fingerprint density at radius 2 is 2.04 bits per heavy atom. The van der Waals surface area contributed by atoms with E-state index < -0.39 is 0 Å². The number of hydrogen-bond acceptors (Lipinski definition) is 3. The Morgan fingerprint density at radius 3 is 2.76 bits per heavy atom. The van der Waals surface area contributed by atoms with E-state index in [1.165, 1.54) is 0 Å². The first-order valence-corrected chi connectivity index (χ1v) is 9.48. The highest BCUT2D eigenvalue weighted by atomic mass is 79.9. The van der Waals surface area contributed by atoms with Gasteiger partial charge in [0.15, 0.2) is 0 Å². The fourth-order valence-corrected chi connectivity index (χ4v) is 3.51. The lowest BCUT2D eigenvalue weighted by Crippen LogP contribution is -2.40. The minimum absolute atomic E-state index is 0.205. The van der Waals surface area contributed by atoms with E-state index in [4.69, 9.17) is 4.74 Å². The van der Waals surface area contributed by atoms with Gasteiger partial charge >= 0.3 is 0 Å². The van der Waals surface area contributed by atoms with Gasteiger partial charge in [-0.05, 0) is 43.4 Å². The van der Waals surface area contributed by atoms with Gasteiger partial charge in [0, 0.05) is 35.5 Å². The van der Waals surface area contributed by atoms with Crippen LogP contribution >= 0.6 is 15.9 Å². The quantitative estimate of drug-likeness (QED) is 0.758. The number of ether oxygens (including phenoxy) is 1. The molecule has 1 saturated heterocycles. The minimum Gasteiger partial charge on any atom is -0.493 e.